The summed E-state index contributed by atoms with van der Waals surface area (Å²) in [4.78, 5) is 0. The molecule has 0 aliphatic carbocycles. The van der Waals surface area contributed by atoms with E-state index in [1.165, 1.54) is 5.56 Å². The normalized spacial score (nSPS) is 10.7. The zero-order chi connectivity index (χ0) is 13.9. The Morgan fingerprint density at radius 1 is 1.05 bits per heavy atom. The molecule has 2 aromatic carbocycles. The van der Waals surface area contributed by atoms with Crippen LogP contribution in [-0.4, -0.2) is 14.8 Å². The van der Waals surface area contributed by atoms with Crippen molar-refractivity contribution < 1.29 is 0 Å². The Bertz CT molecular complexity index is 754. The van der Waals surface area contributed by atoms with Gasteiger partial charge in [-0.2, -0.15) is 5.10 Å². The second-order valence-electron chi connectivity index (χ2n) is 4.57. The van der Waals surface area contributed by atoms with E-state index >= 15 is 0 Å². The SMILES string of the molecule is CCc1ccc(-n2c(-c3ccccc3)n[nH]c2=S)cc1. The largest absolute Gasteiger partial charge is 0.268 e. The predicted molar refractivity (Wildman–Crippen MR) is 83.6 cm³/mol. The summed E-state index contributed by atoms with van der Waals surface area (Å²) in [7, 11) is 0. The highest BCUT2D eigenvalue weighted by Gasteiger charge is 2.09. The Balaban J connectivity index is 2.14. The summed E-state index contributed by atoms with van der Waals surface area (Å²) in [6.07, 6.45) is 1.03. The van der Waals surface area contributed by atoms with Gasteiger partial charge in [0.1, 0.15) is 0 Å². The zero-order valence-corrected chi connectivity index (χ0v) is 12.0. The maximum absolute atomic E-state index is 5.36. The number of aryl methyl sites for hydroxylation is 1. The molecule has 0 radical (unpaired) electrons. The maximum Gasteiger partial charge on any atom is 0.200 e. The van der Waals surface area contributed by atoms with Gasteiger partial charge in [-0.25, -0.2) is 0 Å². The van der Waals surface area contributed by atoms with Crippen LogP contribution in [0.2, 0.25) is 0 Å². The predicted octanol–water partition coefficient (Wildman–Crippen LogP) is 4.16. The number of rotatable bonds is 3. The van der Waals surface area contributed by atoms with E-state index in [9.17, 15) is 0 Å². The number of benzene rings is 2. The number of aromatic amines is 1. The van der Waals surface area contributed by atoms with Crippen molar-refractivity contribution in [3.8, 4) is 17.1 Å². The first kappa shape index (κ1) is 12.8. The highest BCUT2D eigenvalue weighted by molar-refractivity contribution is 7.71. The quantitative estimate of drug-likeness (QED) is 0.731. The van der Waals surface area contributed by atoms with Gasteiger partial charge in [-0.3, -0.25) is 9.67 Å². The van der Waals surface area contributed by atoms with Crippen molar-refractivity contribution in [1.82, 2.24) is 14.8 Å². The first-order valence-corrected chi connectivity index (χ1v) is 7.02. The zero-order valence-electron chi connectivity index (χ0n) is 11.2. The molecule has 0 unspecified atom stereocenters. The minimum Gasteiger partial charge on any atom is -0.268 e. The van der Waals surface area contributed by atoms with Crippen LogP contribution in [-0.2, 0) is 6.42 Å². The molecule has 0 spiro atoms. The lowest BCUT2D eigenvalue weighted by Gasteiger charge is -2.07. The van der Waals surface area contributed by atoms with Crippen LogP contribution in [0.1, 0.15) is 12.5 Å². The van der Waals surface area contributed by atoms with E-state index in [-0.39, 0.29) is 0 Å². The molecule has 0 aliphatic rings. The van der Waals surface area contributed by atoms with E-state index in [0.717, 1.165) is 23.5 Å². The van der Waals surface area contributed by atoms with E-state index in [0.29, 0.717) is 4.77 Å². The fourth-order valence-electron chi connectivity index (χ4n) is 2.20. The Labute approximate surface area is 122 Å². The molecule has 20 heavy (non-hydrogen) atoms. The minimum atomic E-state index is 0.605. The molecule has 0 saturated carbocycles. The summed E-state index contributed by atoms with van der Waals surface area (Å²) in [6.45, 7) is 2.15. The lowest BCUT2D eigenvalue weighted by molar-refractivity contribution is 1.03. The maximum atomic E-state index is 5.36. The highest BCUT2D eigenvalue weighted by atomic mass is 32.1. The molecule has 0 atom stereocenters. The van der Waals surface area contributed by atoms with Crippen molar-refractivity contribution in [3.63, 3.8) is 0 Å². The monoisotopic (exact) mass is 281 g/mol. The van der Waals surface area contributed by atoms with Gasteiger partial charge in [0.2, 0.25) is 0 Å². The fraction of sp³-hybridized carbons (Fsp3) is 0.125. The van der Waals surface area contributed by atoms with Gasteiger partial charge in [0.05, 0.1) is 0 Å². The highest BCUT2D eigenvalue weighted by Crippen LogP contribution is 2.21. The van der Waals surface area contributed by atoms with Crippen molar-refractivity contribution >= 4 is 12.2 Å². The Hall–Kier alpha value is -2.20. The van der Waals surface area contributed by atoms with Gasteiger partial charge >= 0.3 is 0 Å². The van der Waals surface area contributed by atoms with Crippen molar-refractivity contribution in [2.75, 3.05) is 0 Å². The molecule has 100 valence electrons. The van der Waals surface area contributed by atoms with Crippen LogP contribution in [0.15, 0.2) is 54.6 Å². The van der Waals surface area contributed by atoms with E-state index < -0.39 is 0 Å². The Morgan fingerprint density at radius 2 is 1.75 bits per heavy atom. The molecule has 0 fully saturated rings. The molecule has 1 aromatic heterocycles. The molecule has 3 rings (SSSR count). The summed E-state index contributed by atoms with van der Waals surface area (Å²) in [5, 5.41) is 7.23. The summed E-state index contributed by atoms with van der Waals surface area (Å²) in [5.41, 5.74) is 3.38. The van der Waals surface area contributed by atoms with Crippen LogP contribution in [0.3, 0.4) is 0 Å². The third-order valence-corrected chi connectivity index (χ3v) is 3.58. The van der Waals surface area contributed by atoms with Crippen LogP contribution in [0.5, 0.6) is 0 Å². The van der Waals surface area contributed by atoms with Crippen molar-refractivity contribution in [2.24, 2.45) is 0 Å². The molecule has 0 saturated heterocycles. The van der Waals surface area contributed by atoms with Crippen LogP contribution < -0.4 is 0 Å². The smallest absolute Gasteiger partial charge is 0.200 e. The lowest BCUT2D eigenvalue weighted by atomic mass is 10.1. The van der Waals surface area contributed by atoms with Gasteiger partial charge < -0.3 is 0 Å². The average Bonchev–Trinajstić information content (AvgIpc) is 2.90. The summed E-state index contributed by atoms with van der Waals surface area (Å²) in [6, 6.07) is 18.5. The third-order valence-electron chi connectivity index (χ3n) is 3.31. The van der Waals surface area contributed by atoms with Crippen LogP contribution in [0.4, 0.5) is 0 Å². The number of H-pyrrole nitrogens is 1. The molecule has 4 heteroatoms. The summed E-state index contributed by atoms with van der Waals surface area (Å²) in [5.74, 6) is 0.833. The molecular weight excluding hydrogens is 266 g/mol. The molecule has 3 nitrogen and oxygen atoms in total. The van der Waals surface area contributed by atoms with Gasteiger partial charge in [-0.1, -0.05) is 49.4 Å². The van der Waals surface area contributed by atoms with Crippen molar-refractivity contribution in [2.45, 2.75) is 13.3 Å². The Morgan fingerprint density at radius 3 is 2.40 bits per heavy atom. The summed E-state index contributed by atoms with van der Waals surface area (Å²) < 4.78 is 2.57. The van der Waals surface area contributed by atoms with Gasteiger partial charge in [0.25, 0.3) is 0 Å². The Kier molecular flexibility index (Phi) is 3.48. The van der Waals surface area contributed by atoms with Crippen molar-refractivity contribution in [1.29, 1.82) is 0 Å². The number of hydrogen-bond acceptors (Lipinski definition) is 2. The third kappa shape index (κ3) is 2.30. The molecule has 3 aromatic rings. The van der Waals surface area contributed by atoms with Crippen LogP contribution >= 0.6 is 12.2 Å². The van der Waals surface area contributed by atoms with E-state index in [2.05, 4.69) is 41.4 Å². The standard InChI is InChI=1S/C16H15N3S/c1-2-12-8-10-14(11-9-12)19-15(17-18-16(19)20)13-6-4-3-5-7-13/h3-11H,2H2,1H3,(H,18,20). The molecule has 1 N–H and O–H groups in total. The minimum absolute atomic E-state index is 0.605. The van der Waals surface area contributed by atoms with E-state index in [1.807, 2.05) is 34.9 Å². The fourth-order valence-corrected chi connectivity index (χ4v) is 2.44. The van der Waals surface area contributed by atoms with E-state index in [1.54, 1.807) is 0 Å². The molecule has 0 bridgehead atoms. The number of aromatic nitrogens is 3. The second kappa shape index (κ2) is 5.43. The molecule has 0 amide bonds. The van der Waals surface area contributed by atoms with E-state index in [4.69, 9.17) is 12.2 Å². The van der Waals surface area contributed by atoms with Gasteiger partial charge in [-0.15, -0.1) is 0 Å². The van der Waals surface area contributed by atoms with Gasteiger partial charge in [0.15, 0.2) is 10.6 Å². The average molecular weight is 281 g/mol. The van der Waals surface area contributed by atoms with Gasteiger partial charge in [-0.05, 0) is 36.3 Å². The molecular formula is C16H15N3S. The lowest BCUT2D eigenvalue weighted by Crippen LogP contribution is -1.97. The van der Waals surface area contributed by atoms with Crippen LogP contribution in [0, 0.1) is 4.77 Å². The molecule has 1 heterocycles. The second-order valence-corrected chi connectivity index (χ2v) is 4.96. The van der Waals surface area contributed by atoms with Crippen LogP contribution in [0.25, 0.3) is 17.1 Å². The van der Waals surface area contributed by atoms with Crippen molar-refractivity contribution in [3.05, 3.63) is 64.9 Å². The van der Waals surface area contributed by atoms with Gasteiger partial charge in [0, 0.05) is 11.3 Å². The number of nitrogens with one attached hydrogen (secondary N) is 1. The first-order chi connectivity index (χ1) is 9.79. The number of nitrogens with zero attached hydrogens (tertiary/aromatic N) is 2. The summed E-state index contributed by atoms with van der Waals surface area (Å²) >= 11 is 5.36. The first-order valence-electron chi connectivity index (χ1n) is 6.61. The topological polar surface area (TPSA) is 33.6 Å². The number of hydrogen-bond donors (Lipinski definition) is 1. The molecule has 0 aliphatic heterocycles.